The van der Waals surface area contributed by atoms with E-state index < -0.39 is 0 Å². The van der Waals surface area contributed by atoms with Crippen molar-refractivity contribution in [1.82, 2.24) is 4.98 Å². The zero-order chi connectivity index (χ0) is 13.9. The SMILES string of the molecule is N#Cc1cc2c(nc1Nc1ccccc1I)CCCC2. The van der Waals surface area contributed by atoms with Gasteiger partial charge in [0.1, 0.15) is 11.9 Å². The van der Waals surface area contributed by atoms with Crippen molar-refractivity contribution in [1.29, 1.82) is 5.26 Å². The molecule has 1 aromatic heterocycles. The summed E-state index contributed by atoms with van der Waals surface area (Å²) >= 11 is 2.28. The van der Waals surface area contributed by atoms with Crippen molar-refractivity contribution < 1.29 is 0 Å². The van der Waals surface area contributed by atoms with Gasteiger partial charge in [-0.25, -0.2) is 4.98 Å². The molecule has 1 aliphatic rings. The summed E-state index contributed by atoms with van der Waals surface area (Å²) in [6, 6.07) is 12.3. The highest BCUT2D eigenvalue weighted by Crippen LogP contribution is 2.27. The second-order valence-electron chi connectivity index (χ2n) is 4.91. The van der Waals surface area contributed by atoms with E-state index in [1.165, 1.54) is 18.4 Å². The molecule has 0 atom stereocenters. The van der Waals surface area contributed by atoms with E-state index in [0.717, 1.165) is 27.8 Å². The summed E-state index contributed by atoms with van der Waals surface area (Å²) in [7, 11) is 0. The molecule has 0 saturated heterocycles. The Labute approximate surface area is 132 Å². The van der Waals surface area contributed by atoms with E-state index in [-0.39, 0.29) is 0 Å². The maximum Gasteiger partial charge on any atom is 0.148 e. The monoisotopic (exact) mass is 375 g/mol. The van der Waals surface area contributed by atoms with Gasteiger partial charge in [0.05, 0.1) is 11.3 Å². The normalized spacial score (nSPS) is 13.4. The molecule has 0 saturated carbocycles. The van der Waals surface area contributed by atoms with Gasteiger partial charge >= 0.3 is 0 Å². The summed E-state index contributed by atoms with van der Waals surface area (Å²) in [6.07, 6.45) is 4.44. The summed E-state index contributed by atoms with van der Waals surface area (Å²) in [4.78, 5) is 4.68. The maximum absolute atomic E-state index is 9.34. The third-order valence-corrected chi connectivity index (χ3v) is 4.49. The van der Waals surface area contributed by atoms with Gasteiger partial charge < -0.3 is 5.32 Å². The van der Waals surface area contributed by atoms with Crippen molar-refractivity contribution in [2.45, 2.75) is 25.7 Å². The van der Waals surface area contributed by atoms with Gasteiger partial charge in [-0.3, -0.25) is 0 Å². The molecule has 0 bridgehead atoms. The molecule has 1 N–H and O–H groups in total. The number of nitrogens with one attached hydrogen (secondary N) is 1. The molecule has 20 heavy (non-hydrogen) atoms. The van der Waals surface area contributed by atoms with Crippen LogP contribution in [-0.4, -0.2) is 4.98 Å². The van der Waals surface area contributed by atoms with Crippen LogP contribution in [0.1, 0.15) is 29.7 Å². The summed E-state index contributed by atoms with van der Waals surface area (Å²) in [5, 5.41) is 12.6. The lowest BCUT2D eigenvalue weighted by molar-refractivity contribution is 0.668. The van der Waals surface area contributed by atoms with Crippen LogP contribution in [0.3, 0.4) is 0 Å². The Morgan fingerprint density at radius 3 is 2.80 bits per heavy atom. The second kappa shape index (κ2) is 5.80. The van der Waals surface area contributed by atoms with Gasteiger partial charge in [0.25, 0.3) is 0 Å². The number of hydrogen-bond acceptors (Lipinski definition) is 3. The first-order chi connectivity index (χ1) is 9.78. The molecule has 0 amide bonds. The molecule has 4 heteroatoms. The number of nitrogens with zero attached hydrogens (tertiary/aromatic N) is 2. The molecular formula is C16H14IN3. The molecular weight excluding hydrogens is 361 g/mol. The minimum absolute atomic E-state index is 0.630. The fourth-order valence-electron chi connectivity index (χ4n) is 2.50. The number of halogens is 1. The number of anilines is 2. The number of aryl methyl sites for hydroxylation is 2. The highest BCUT2D eigenvalue weighted by atomic mass is 127. The van der Waals surface area contributed by atoms with Crippen LogP contribution in [0.2, 0.25) is 0 Å². The predicted molar refractivity (Wildman–Crippen MR) is 88.0 cm³/mol. The van der Waals surface area contributed by atoms with E-state index in [4.69, 9.17) is 0 Å². The predicted octanol–water partition coefficient (Wildman–Crippen LogP) is 4.18. The van der Waals surface area contributed by atoms with E-state index >= 15 is 0 Å². The van der Waals surface area contributed by atoms with Gasteiger partial charge in [0, 0.05) is 9.26 Å². The van der Waals surface area contributed by atoms with Crippen LogP contribution in [0, 0.1) is 14.9 Å². The maximum atomic E-state index is 9.34. The van der Waals surface area contributed by atoms with Crippen LogP contribution in [0.15, 0.2) is 30.3 Å². The Kier molecular flexibility index (Phi) is 3.88. The fourth-order valence-corrected chi connectivity index (χ4v) is 3.03. The lowest BCUT2D eigenvalue weighted by atomic mass is 9.95. The Hall–Kier alpha value is -1.61. The second-order valence-corrected chi connectivity index (χ2v) is 6.08. The molecule has 0 spiro atoms. The summed E-state index contributed by atoms with van der Waals surface area (Å²) < 4.78 is 1.12. The van der Waals surface area contributed by atoms with Crippen LogP contribution < -0.4 is 5.32 Å². The van der Waals surface area contributed by atoms with Gasteiger partial charge in [0.2, 0.25) is 0 Å². The lowest BCUT2D eigenvalue weighted by Crippen LogP contribution is -2.09. The molecule has 1 heterocycles. The van der Waals surface area contributed by atoms with Gasteiger partial charge in [-0.2, -0.15) is 5.26 Å². The largest absolute Gasteiger partial charge is 0.338 e. The third kappa shape index (κ3) is 2.63. The average Bonchev–Trinajstić information content (AvgIpc) is 2.49. The highest BCUT2D eigenvalue weighted by molar-refractivity contribution is 14.1. The molecule has 1 aromatic carbocycles. The smallest absolute Gasteiger partial charge is 0.148 e. The summed E-state index contributed by atoms with van der Waals surface area (Å²) in [6.45, 7) is 0. The number of pyridine rings is 1. The third-order valence-electron chi connectivity index (χ3n) is 3.55. The van der Waals surface area contributed by atoms with Gasteiger partial charge in [-0.15, -0.1) is 0 Å². The molecule has 3 nitrogen and oxygen atoms in total. The average molecular weight is 375 g/mol. The first-order valence-corrected chi connectivity index (χ1v) is 7.80. The Morgan fingerprint density at radius 1 is 1.20 bits per heavy atom. The number of rotatable bonds is 2. The van der Waals surface area contributed by atoms with E-state index in [2.05, 4.69) is 39.0 Å². The molecule has 3 rings (SSSR count). The van der Waals surface area contributed by atoms with Crippen LogP contribution in [0.5, 0.6) is 0 Å². The first kappa shape index (κ1) is 13.4. The van der Waals surface area contributed by atoms with Crippen LogP contribution >= 0.6 is 22.6 Å². The highest BCUT2D eigenvalue weighted by Gasteiger charge is 2.15. The van der Waals surface area contributed by atoms with Crippen LogP contribution in [-0.2, 0) is 12.8 Å². The first-order valence-electron chi connectivity index (χ1n) is 6.72. The molecule has 0 radical (unpaired) electrons. The quantitative estimate of drug-likeness (QED) is 0.802. The minimum atomic E-state index is 0.630. The number of hydrogen-bond donors (Lipinski definition) is 1. The zero-order valence-corrected chi connectivity index (χ0v) is 13.1. The van der Waals surface area contributed by atoms with Crippen molar-refractivity contribution >= 4 is 34.1 Å². The Balaban J connectivity index is 2.01. The number of para-hydroxylation sites is 1. The van der Waals surface area contributed by atoms with Crippen molar-refractivity contribution in [2.24, 2.45) is 0 Å². The van der Waals surface area contributed by atoms with E-state index in [9.17, 15) is 5.26 Å². The molecule has 1 aliphatic carbocycles. The number of nitriles is 1. The van der Waals surface area contributed by atoms with Crippen molar-refractivity contribution in [2.75, 3.05) is 5.32 Å². The van der Waals surface area contributed by atoms with Crippen LogP contribution in [0.4, 0.5) is 11.5 Å². The van der Waals surface area contributed by atoms with Crippen molar-refractivity contribution in [3.05, 3.63) is 50.7 Å². The number of aromatic nitrogens is 1. The van der Waals surface area contributed by atoms with Gasteiger partial charge in [-0.1, -0.05) is 12.1 Å². The molecule has 100 valence electrons. The minimum Gasteiger partial charge on any atom is -0.338 e. The Morgan fingerprint density at radius 2 is 2.00 bits per heavy atom. The van der Waals surface area contributed by atoms with E-state index in [1.54, 1.807) is 0 Å². The van der Waals surface area contributed by atoms with Crippen molar-refractivity contribution in [3.8, 4) is 6.07 Å². The van der Waals surface area contributed by atoms with Crippen molar-refractivity contribution in [3.63, 3.8) is 0 Å². The molecule has 2 aromatic rings. The lowest BCUT2D eigenvalue weighted by Gasteiger charge is -2.17. The number of benzene rings is 1. The van der Waals surface area contributed by atoms with Gasteiger partial charge in [-0.05, 0) is 72.0 Å². The fraction of sp³-hybridized carbons (Fsp3) is 0.250. The standard InChI is InChI=1S/C16H14IN3/c17-13-6-2-4-8-15(13)20-16-12(10-18)9-11-5-1-3-7-14(11)19-16/h2,4,6,8-9H,1,3,5,7H2,(H,19,20). The zero-order valence-electron chi connectivity index (χ0n) is 11.0. The van der Waals surface area contributed by atoms with Gasteiger partial charge in [0.15, 0.2) is 0 Å². The topological polar surface area (TPSA) is 48.7 Å². The van der Waals surface area contributed by atoms with Crippen LogP contribution in [0.25, 0.3) is 0 Å². The molecule has 0 unspecified atom stereocenters. The van der Waals surface area contributed by atoms with E-state index in [1.807, 2.05) is 30.3 Å². The summed E-state index contributed by atoms with van der Waals surface area (Å²) in [5.74, 6) is 0.678. The Bertz CT molecular complexity index is 689. The molecule has 0 fully saturated rings. The summed E-state index contributed by atoms with van der Waals surface area (Å²) in [5.41, 5.74) is 4.00. The molecule has 0 aliphatic heterocycles. The van der Waals surface area contributed by atoms with E-state index in [0.29, 0.717) is 11.4 Å². The number of fused-ring (bicyclic) bond motifs is 1.